The van der Waals surface area contributed by atoms with Gasteiger partial charge in [-0.25, -0.2) is 4.98 Å². The standard InChI is InChI=1S/C17H16N2S/c1-2-6-13-12(4-1)5-3-7-15(13)19-17-14-9-11-20-16(14)8-10-18-17/h1-2,4,6,8-11,15H,3,5,7H2,(H,18,19). The molecular formula is C17H16N2S. The molecule has 0 amide bonds. The van der Waals surface area contributed by atoms with Gasteiger partial charge in [0.15, 0.2) is 0 Å². The highest BCUT2D eigenvalue weighted by molar-refractivity contribution is 7.17. The summed E-state index contributed by atoms with van der Waals surface area (Å²) in [5.74, 6) is 1.02. The molecule has 3 heteroatoms. The normalized spacial score (nSPS) is 17.9. The molecule has 20 heavy (non-hydrogen) atoms. The first kappa shape index (κ1) is 11.9. The van der Waals surface area contributed by atoms with Crippen molar-refractivity contribution >= 4 is 27.2 Å². The van der Waals surface area contributed by atoms with E-state index in [4.69, 9.17) is 0 Å². The van der Waals surface area contributed by atoms with E-state index in [9.17, 15) is 0 Å². The van der Waals surface area contributed by atoms with E-state index < -0.39 is 0 Å². The Hall–Kier alpha value is -1.87. The Morgan fingerprint density at radius 1 is 1.15 bits per heavy atom. The lowest BCUT2D eigenvalue weighted by Crippen LogP contribution is -2.17. The fourth-order valence-corrected chi connectivity index (χ4v) is 3.86. The van der Waals surface area contributed by atoms with Crippen LogP contribution in [0, 0.1) is 0 Å². The molecular weight excluding hydrogens is 264 g/mol. The number of thiophene rings is 1. The molecule has 0 saturated heterocycles. The van der Waals surface area contributed by atoms with Crippen LogP contribution in [0.25, 0.3) is 10.1 Å². The van der Waals surface area contributed by atoms with Gasteiger partial charge in [0.1, 0.15) is 5.82 Å². The summed E-state index contributed by atoms with van der Waals surface area (Å²) in [6.07, 6.45) is 5.52. The molecule has 1 unspecified atom stereocenters. The molecule has 2 nitrogen and oxygen atoms in total. The number of nitrogens with zero attached hydrogens (tertiary/aromatic N) is 1. The van der Waals surface area contributed by atoms with Gasteiger partial charge >= 0.3 is 0 Å². The zero-order chi connectivity index (χ0) is 13.4. The molecule has 1 aromatic carbocycles. The van der Waals surface area contributed by atoms with E-state index in [1.807, 2.05) is 6.20 Å². The Bertz CT molecular complexity index is 747. The van der Waals surface area contributed by atoms with Gasteiger partial charge in [0.05, 0.1) is 6.04 Å². The van der Waals surface area contributed by atoms with E-state index in [0.29, 0.717) is 6.04 Å². The minimum atomic E-state index is 0.387. The molecule has 0 radical (unpaired) electrons. The van der Waals surface area contributed by atoms with E-state index in [0.717, 1.165) is 5.82 Å². The quantitative estimate of drug-likeness (QED) is 0.730. The van der Waals surface area contributed by atoms with E-state index in [2.05, 4.69) is 52.1 Å². The second-order valence-electron chi connectivity index (χ2n) is 5.28. The smallest absolute Gasteiger partial charge is 0.135 e. The molecule has 3 aromatic rings. The molecule has 2 aromatic heterocycles. The van der Waals surface area contributed by atoms with Crippen molar-refractivity contribution in [3.63, 3.8) is 0 Å². The first-order valence-corrected chi connectivity index (χ1v) is 7.96. The van der Waals surface area contributed by atoms with E-state index in [1.54, 1.807) is 11.3 Å². The second kappa shape index (κ2) is 4.91. The van der Waals surface area contributed by atoms with Crippen LogP contribution in [0.4, 0.5) is 5.82 Å². The van der Waals surface area contributed by atoms with E-state index in [-0.39, 0.29) is 0 Å². The predicted octanol–water partition coefficient (Wildman–Crippen LogP) is 4.79. The third kappa shape index (κ3) is 1.98. The number of anilines is 1. The van der Waals surface area contributed by atoms with Gasteiger partial charge in [-0.1, -0.05) is 24.3 Å². The predicted molar refractivity (Wildman–Crippen MR) is 85.4 cm³/mol. The molecule has 1 N–H and O–H groups in total. The molecule has 1 aliphatic rings. The number of hydrogen-bond donors (Lipinski definition) is 1. The van der Waals surface area contributed by atoms with Crippen LogP contribution in [0.15, 0.2) is 48.0 Å². The molecule has 0 aliphatic heterocycles. The Morgan fingerprint density at radius 3 is 3.10 bits per heavy atom. The van der Waals surface area contributed by atoms with Crippen molar-refractivity contribution in [3.8, 4) is 0 Å². The summed E-state index contributed by atoms with van der Waals surface area (Å²) in [7, 11) is 0. The van der Waals surface area contributed by atoms with Crippen LogP contribution in [0.3, 0.4) is 0 Å². The number of aromatic nitrogens is 1. The van der Waals surface area contributed by atoms with Crippen LogP contribution < -0.4 is 5.32 Å². The van der Waals surface area contributed by atoms with Gasteiger partial charge in [-0.15, -0.1) is 11.3 Å². The Kier molecular flexibility index (Phi) is 2.92. The van der Waals surface area contributed by atoms with E-state index >= 15 is 0 Å². The highest BCUT2D eigenvalue weighted by Gasteiger charge is 2.20. The van der Waals surface area contributed by atoms with Crippen LogP contribution in [0.5, 0.6) is 0 Å². The van der Waals surface area contributed by atoms with Crippen LogP contribution in [0.2, 0.25) is 0 Å². The highest BCUT2D eigenvalue weighted by Crippen LogP contribution is 2.34. The Morgan fingerprint density at radius 2 is 2.10 bits per heavy atom. The maximum atomic E-state index is 4.54. The SMILES string of the molecule is c1ccc2c(c1)CCCC2Nc1nccc2sccc12. The van der Waals surface area contributed by atoms with Gasteiger partial charge in [-0.05, 0) is 47.9 Å². The number of aryl methyl sites for hydroxylation is 1. The van der Waals surface area contributed by atoms with Crippen molar-refractivity contribution in [1.29, 1.82) is 0 Å². The maximum absolute atomic E-state index is 4.54. The first-order valence-electron chi connectivity index (χ1n) is 7.08. The summed E-state index contributed by atoms with van der Waals surface area (Å²) >= 11 is 1.77. The largest absolute Gasteiger partial charge is 0.363 e. The molecule has 0 bridgehead atoms. The molecule has 0 spiro atoms. The summed E-state index contributed by atoms with van der Waals surface area (Å²) in [5, 5.41) is 7.03. The van der Waals surface area contributed by atoms with E-state index in [1.165, 1.54) is 40.5 Å². The lowest BCUT2D eigenvalue weighted by Gasteiger charge is -2.27. The van der Waals surface area contributed by atoms with Crippen molar-refractivity contribution in [2.75, 3.05) is 5.32 Å². The van der Waals surface area contributed by atoms with Gasteiger partial charge < -0.3 is 5.32 Å². The van der Waals surface area contributed by atoms with Gasteiger partial charge in [0.25, 0.3) is 0 Å². The molecule has 1 atom stereocenters. The van der Waals surface area contributed by atoms with Gasteiger partial charge in [-0.2, -0.15) is 0 Å². The zero-order valence-corrected chi connectivity index (χ0v) is 12.0. The van der Waals surface area contributed by atoms with Gasteiger partial charge in [-0.3, -0.25) is 0 Å². The molecule has 2 heterocycles. The first-order chi connectivity index (χ1) is 9.92. The minimum absolute atomic E-state index is 0.387. The fourth-order valence-electron chi connectivity index (χ4n) is 3.08. The zero-order valence-electron chi connectivity index (χ0n) is 11.2. The molecule has 4 rings (SSSR count). The summed E-state index contributed by atoms with van der Waals surface area (Å²) in [4.78, 5) is 4.54. The number of fused-ring (bicyclic) bond motifs is 2. The van der Waals surface area contributed by atoms with Crippen molar-refractivity contribution in [1.82, 2.24) is 4.98 Å². The van der Waals surface area contributed by atoms with Crippen LogP contribution in [-0.4, -0.2) is 4.98 Å². The van der Waals surface area contributed by atoms with Crippen molar-refractivity contribution in [3.05, 3.63) is 59.1 Å². The van der Waals surface area contributed by atoms with Gasteiger partial charge in [0, 0.05) is 16.3 Å². The van der Waals surface area contributed by atoms with Crippen molar-refractivity contribution < 1.29 is 0 Å². The summed E-state index contributed by atoms with van der Waals surface area (Å²) in [6, 6.07) is 13.4. The molecule has 0 saturated carbocycles. The van der Waals surface area contributed by atoms with Crippen LogP contribution in [-0.2, 0) is 6.42 Å². The third-order valence-corrected chi connectivity index (χ3v) is 4.94. The van der Waals surface area contributed by atoms with Crippen LogP contribution >= 0.6 is 11.3 Å². The minimum Gasteiger partial charge on any atom is -0.363 e. The summed E-state index contributed by atoms with van der Waals surface area (Å²) in [5.41, 5.74) is 2.92. The monoisotopic (exact) mass is 280 g/mol. The third-order valence-electron chi connectivity index (χ3n) is 4.06. The van der Waals surface area contributed by atoms with Crippen molar-refractivity contribution in [2.45, 2.75) is 25.3 Å². The lowest BCUT2D eigenvalue weighted by molar-refractivity contribution is 0.599. The number of benzene rings is 1. The second-order valence-corrected chi connectivity index (χ2v) is 6.23. The van der Waals surface area contributed by atoms with Gasteiger partial charge in [0.2, 0.25) is 0 Å². The lowest BCUT2D eigenvalue weighted by atomic mass is 9.88. The molecule has 100 valence electrons. The van der Waals surface area contributed by atoms with Crippen LogP contribution in [0.1, 0.15) is 30.0 Å². The fraction of sp³-hybridized carbons (Fsp3) is 0.235. The number of pyridine rings is 1. The molecule has 1 aliphatic carbocycles. The molecule has 0 fully saturated rings. The summed E-state index contributed by atoms with van der Waals surface area (Å²) in [6.45, 7) is 0. The number of hydrogen-bond acceptors (Lipinski definition) is 3. The average molecular weight is 280 g/mol. The maximum Gasteiger partial charge on any atom is 0.135 e. The topological polar surface area (TPSA) is 24.9 Å². The number of nitrogens with one attached hydrogen (secondary N) is 1. The Labute approximate surface area is 122 Å². The average Bonchev–Trinajstić information content (AvgIpc) is 2.97. The van der Waals surface area contributed by atoms with Crippen molar-refractivity contribution in [2.24, 2.45) is 0 Å². The highest BCUT2D eigenvalue weighted by atomic mass is 32.1. The number of rotatable bonds is 2. The summed E-state index contributed by atoms with van der Waals surface area (Å²) < 4.78 is 1.30. The Balaban J connectivity index is 1.72.